The van der Waals surface area contributed by atoms with Gasteiger partial charge in [-0.05, 0) is 114 Å². The summed E-state index contributed by atoms with van der Waals surface area (Å²) in [6.45, 7) is 4.75. The van der Waals surface area contributed by atoms with E-state index in [1.165, 1.54) is 77.5 Å². The molecule has 1 nitrogen and oxygen atoms in total. The summed E-state index contributed by atoms with van der Waals surface area (Å²) in [5.41, 5.74) is 18.5. The van der Waals surface area contributed by atoms with Crippen LogP contribution in [0, 0.1) is 0 Å². The van der Waals surface area contributed by atoms with E-state index in [4.69, 9.17) is 0 Å². The highest BCUT2D eigenvalue weighted by atomic mass is 15.1. The fraction of sp³-hybridized carbons (Fsp3) is 0.0714. The molecule has 9 aromatic rings. The average molecular weight is 728 g/mol. The highest BCUT2D eigenvalue weighted by molar-refractivity contribution is 6.00. The Morgan fingerprint density at radius 1 is 0.351 bits per heavy atom. The minimum absolute atomic E-state index is 0.0860. The molecule has 9 aromatic carbocycles. The van der Waals surface area contributed by atoms with Crippen LogP contribution < -0.4 is 4.90 Å². The summed E-state index contributed by atoms with van der Waals surface area (Å²) in [4.78, 5) is 2.44. The monoisotopic (exact) mass is 727 g/mol. The molecular weight excluding hydrogens is 687 g/mol. The molecule has 0 heterocycles. The van der Waals surface area contributed by atoms with E-state index in [1.807, 2.05) is 0 Å². The van der Waals surface area contributed by atoms with Crippen molar-refractivity contribution in [3.05, 3.63) is 246 Å². The second kappa shape index (κ2) is 12.8. The van der Waals surface area contributed by atoms with Crippen molar-refractivity contribution in [1.82, 2.24) is 0 Å². The SMILES string of the molecule is CC1(C)c2ccccc2-c2ccc3cc(N(c4ccc(-c5ccccc5)cc4)c4ccc5c(c4)-c4ccccc4C5(c4ccccc4)c4ccccc4)ccc3c21. The van der Waals surface area contributed by atoms with Crippen LogP contribution in [0.2, 0.25) is 0 Å². The number of anilines is 3. The number of nitrogens with zero attached hydrogens (tertiary/aromatic N) is 1. The number of fused-ring (bicyclic) bond motifs is 8. The summed E-state index contributed by atoms with van der Waals surface area (Å²) in [5.74, 6) is 0. The molecule has 1 heteroatoms. The Morgan fingerprint density at radius 2 is 0.860 bits per heavy atom. The van der Waals surface area contributed by atoms with Crippen LogP contribution in [0.3, 0.4) is 0 Å². The van der Waals surface area contributed by atoms with Crippen molar-refractivity contribution in [3.8, 4) is 33.4 Å². The normalized spacial score (nSPS) is 14.1. The van der Waals surface area contributed by atoms with Crippen LogP contribution >= 0.6 is 0 Å². The van der Waals surface area contributed by atoms with Gasteiger partial charge in [-0.15, -0.1) is 0 Å². The van der Waals surface area contributed by atoms with Gasteiger partial charge in [-0.25, -0.2) is 0 Å². The van der Waals surface area contributed by atoms with E-state index in [0.29, 0.717) is 0 Å². The molecule has 0 amide bonds. The zero-order valence-electron chi connectivity index (χ0n) is 32.2. The minimum atomic E-state index is -0.442. The molecule has 0 unspecified atom stereocenters. The quantitative estimate of drug-likeness (QED) is 0.165. The summed E-state index contributed by atoms with van der Waals surface area (Å²) in [6, 6.07) is 78.6. The van der Waals surface area contributed by atoms with Gasteiger partial charge in [0.1, 0.15) is 0 Å². The fourth-order valence-corrected chi connectivity index (χ4v) is 10.2. The predicted molar refractivity (Wildman–Crippen MR) is 239 cm³/mol. The lowest BCUT2D eigenvalue weighted by molar-refractivity contribution is 0.666. The lowest BCUT2D eigenvalue weighted by Crippen LogP contribution is -2.28. The molecular formula is C56H41N. The molecule has 0 fully saturated rings. The Kier molecular flexibility index (Phi) is 7.50. The molecule has 11 rings (SSSR count). The molecule has 0 atom stereocenters. The van der Waals surface area contributed by atoms with Crippen molar-refractivity contribution >= 4 is 27.8 Å². The second-order valence-corrected chi connectivity index (χ2v) is 16.1. The van der Waals surface area contributed by atoms with Crippen molar-refractivity contribution in [3.63, 3.8) is 0 Å². The smallest absolute Gasteiger partial charge is 0.0713 e. The highest BCUT2D eigenvalue weighted by Gasteiger charge is 2.46. The predicted octanol–water partition coefficient (Wildman–Crippen LogP) is 14.6. The molecule has 0 spiro atoms. The lowest BCUT2D eigenvalue weighted by atomic mass is 9.68. The molecule has 0 aliphatic heterocycles. The van der Waals surface area contributed by atoms with E-state index in [-0.39, 0.29) is 5.41 Å². The van der Waals surface area contributed by atoms with Crippen molar-refractivity contribution in [2.24, 2.45) is 0 Å². The fourth-order valence-electron chi connectivity index (χ4n) is 10.2. The second-order valence-electron chi connectivity index (χ2n) is 16.1. The van der Waals surface area contributed by atoms with Gasteiger partial charge in [0.15, 0.2) is 0 Å². The highest BCUT2D eigenvalue weighted by Crippen LogP contribution is 2.57. The summed E-state index contributed by atoms with van der Waals surface area (Å²) in [5, 5.41) is 2.56. The van der Waals surface area contributed by atoms with Gasteiger partial charge >= 0.3 is 0 Å². The molecule has 57 heavy (non-hydrogen) atoms. The molecule has 2 aliphatic rings. The van der Waals surface area contributed by atoms with Crippen molar-refractivity contribution in [1.29, 1.82) is 0 Å². The molecule has 2 aliphatic carbocycles. The Balaban J connectivity index is 1.12. The van der Waals surface area contributed by atoms with Gasteiger partial charge in [0, 0.05) is 22.5 Å². The molecule has 0 saturated heterocycles. The van der Waals surface area contributed by atoms with Gasteiger partial charge in [-0.3, -0.25) is 0 Å². The van der Waals surface area contributed by atoms with Gasteiger partial charge in [0.2, 0.25) is 0 Å². The number of benzene rings is 9. The van der Waals surface area contributed by atoms with Crippen LogP contribution in [0.5, 0.6) is 0 Å². The first-order valence-corrected chi connectivity index (χ1v) is 20.0. The summed E-state index contributed by atoms with van der Waals surface area (Å²) >= 11 is 0. The molecule has 0 radical (unpaired) electrons. The van der Waals surface area contributed by atoms with Gasteiger partial charge in [-0.2, -0.15) is 0 Å². The molecule has 0 saturated carbocycles. The molecule has 0 aromatic heterocycles. The Bertz CT molecular complexity index is 2920. The molecule has 0 bridgehead atoms. The van der Waals surface area contributed by atoms with Crippen LogP contribution in [0.15, 0.2) is 212 Å². The summed E-state index contributed by atoms with van der Waals surface area (Å²) in [7, 11) is 0. The van der Waals surface area contributed by atoms with Gasteiger partial charge in [0.05, 0.1) is 5.41 Å². The van der Waals surface area contributed by atoms with Crippen LogP contribution in [0.4, 0.5) is 17.1 Å². The zero-order valence-corrected chi connectivity index (χ0v) is 32.2. The van der Waals surface area contributed by atoms with Crippen molar-refractivity contribution < 1.29 is 0 Å². The third-order valence-electron chi connectivity index (χ3n) is 12.7. The first kappa shape index (κ1) is 33.4. The zero-order chi connectivity index (χ0) is 38.1. The third kappa shape index (κ3) is 4.95. The summed E-state index contributed by atoms with van der Waals surface area (Å²) < 4.78 is 0. The van der Waals surface area contributed by atoms with E-state index >= 15 is 0 Å². The van der Waals surface area contributed by atoms with Crippen molar-refractivity contribution in [2.45, 2.75) is 24.7 Å². The minimum Gasteiger partial charge on any atom is -0.310 e. The topological polar surface area (TPSA) is 3.24 Å². The van der Waals surface area contributed by atoms with Crippen LogP contribution in [0.25, 0.3) is 44.2 Å². The largest absolute Gasteiger partial charge is 0.310 e. The Hall–Kier alpha value is -6.96. The standard InChI is InChI=1S/C56H41N/c1-55(2)51-24-14-12-22-47(51)49-33-28-40-36-44(31-34-46(40)54(49)55)57(43-29-26-39(27-30-43)38-16-6-3-7-17-38)45-32-35-53-50(37-45)48-23-13-15-25-52(48)56(53,41-18-8-4-9-19-41)42-20-10-5-11-21-42/h3-37H,1-2H3. The van der Waals surface area contributed by atoms with Gasteiger partial charge < -0.3 is 4.90 Å². The lowest BCUT2D eigenvalue weighted by Gasteiger charge is -2.34. The molecule has 270 valence electrons. The first-order chi connectivity index (χ1) is 28.0. The maximum absolute atomic E-state index is 2.44. The van der Waals surface area contributed by atoms with Crippen molar-refractivity contribution in [2.75, 3.05) is 4.90 Å². The maximum atomic E-state index is 2.44. The first-order valence-electron chi connectivity index (χ1n) is 20.0. The van der Waals surface area contributed by atoms with E-state index in [0.717, 1.165) is 17.1 Å². The van der Waals surface area contributed by atoms with E-state index < -0.39 is 5.41 Å². The van der Waals surface area contributed by atoms with E-state index in [2.05, 4.69) is 231 Å². The third-order valence-corrected chi connectivity index (χ3v) is 12.7. The average Bonchev–Trinajstić information content (AvgIpc) is 3.70. The van der Waals surface area contributed by atoms with Crippen LogP contribution in [0.1, 0.15) is 47.2 Å². The van der Waals surface area contributed by atoms with E-state index in [9.17, 15) is 0 Å². The van der Waals surface area contributed by atoms with E-state index in [1.54, 1.807) is 0 Å². The maximum Gasteiger partial charge on any atom is 0.0713 e. The van der Waals surface area contributed by atoms with Gasteiger partial charge in [0.25, 0.3) is 0 Å². The number of hydrogen-bond acceptors (Lipinski definition) is 1. The van der Waals surface area contributed by atoms with Crippen LogP contribution in [-0.4, -0.2) is 0 Å². The Morgan fingerprint density at radius 3 is 1.54 bits per heavy atom. The van der Waals surface area contributed by atoms with Gasteiger partial charge in [-0.1, -0.05) is 190 Å². The number of rotatable bonds is 6. The summed E-state index contributed by atoms with van der Waals surface area (Å²) in [6.07, 6.45) is 0. The van der Waals surface area contributed by atoms with Crippen LogP contribution in [-0.2, 0) is 10.8 Å². The number of hydrogen-bond donors (Lipinski definition) is 0. The molecule has 0 N–H and O–H groups in total. The Labute approximate surface area is 335 Å².